The van der Waals surface area contributed by atoms with Crippen molar-refractivity contribution in [3.63, 3.8) is 0 Å². The number of esters is 1. The van der Waals surface area contributed by atoms with Gasteiger partial charge in [0.15, 0.2) is 0 Å². The molecule has 10 heteroatoms. The summed E-state index contributed by atoms with van der Waals surface area (Å²) in [5, 5.41) is 5.67. The zero-order valence-electron chi connectivity index (χ0n) is 22.9. The second-order valence-electron chi connectivity index (χ2n) is 11.1. The number of β-lactam (4-membered cyclic amide) rings is 2. The Morgan fingerprint density at radius 1 is 0.951 bits per heavy atom. The summed E-state index contributed by atoms with van der Waals surface area (Å²) in [6.07, 6.45) is 1.81. The van der Waals surface area contributed by atoms with Crippen molar-refractivity contribution >= 4 is 23.9 Å². The molecular formula is C31H40N4O6. The van der Waals surface area contributed by atoms with Crippen LogP contribution in [0.15, 0.2) is 60.7 Å². The number of nitrogens with zero attached hydrogens (tertiary/aromatic N) is 2. The van der Waals surface area contributed by atoms with Gasteiger partial charge in [0.05, 0.1) is 12.5 Å². The first kappa shape index (κ1) is 31.7. The third-order valence-electron chi connectivity index (χ3n) is 8.29. The van der Waals surface area contributed by atoms with E-state index in [9.17, 15) is 14.4 Å². The minimum Gasteiger partial charge on any atom is -0.468 e. The van der Waals surface area contributed by atoms with Crippen LogP contribution >= 0.6 is 0 Å². The fourth-order valence-electron chi connectivity index (χ4n) is 6.21. The Hall–Kier alpha value is -3.85. The quantitative estimate of drug-likeness (QED) is 0.417. The molecule has 220 valence electrons. The van der Waals surface area contributed by atoms with Gasteiger partial charge in [0.1, 0.15) is 11.6 Å². The van der Waals surface area contributed by atoms with E-state index in [4.69, 9.17) is 14.3 Å². The first-order valence-corrected chi connectivity index (χ1v) is 13.5. The number of ether oxygens (including phenoxy) is 1. The average Bonchev–Trinajstić information content (AvgIpc) is 3.53. The van der Waals surface area contributed by atoms with Crippen LogP contribution in [0.4, 0.5) is 0 Å². The molecule has 0 bridgehead atoms. The topological polar surface area (TPSA) is 125 Å². The van der Waals surface area contributed by atoms with Crippen molar-refractivity contribution in [3.05, 3.63) is 71.8 Å². The molecule has 2 unspecified atom stereocenters. The van der Waals surface area contributed by atoms with Crippen LogP contribution in [0.1, 0.15) is 38.3 Å². The molecule has 4 heterocycles. The molecule has 41 heavy (non-hydrogen) atoms. The van der Waals surface area contributed by atoms with Crippen LogP contribution in [0.3, 0.4) is 0 Å². The summed E-state index contributed by atoms with van der Waals surface area (Å²) < 4.78 is 4.87. The number of hydrogen-bond donors (Lipinski definition) is 2. The molecule has 2 amide bonds. The number of likely N-dealkylation sites (tertiary alicyclic amines) is 2. The Kier molecular flexibility index (Phi) is 10.6. The van der Waals surface area contributed by atoms with E-state index >= 15 is 0 Å². The highest BCUT2D eigenvalue weighted by Gasteiger charge is 2.66. The van der Waals surface area contributed by atoms with Crippen molar-refractivity contribution in [2.45, 2.75) is 51.9 Å². The van der Waals surface area contributed by atoms with Gasteiger partial charge in [0, 0.05) is 39.3 Å². The van der Waals surface area contributed by atoms with Gasteiger partial charge in [-0.25, -0.2) is 0 Å². The molecule has 0 saturated carbocycles. The second kappa shape index (κ2) is 13.7. The van der Waals surface area contributed by atoms with Crippen molar-refractivity contribution in [2.75, 3.05) is 33.3 Å². The Bertz CT molecular complexity index is 1240. The standard InChI is InChI=1S/C15H17N3O2.C14H19NO2.CO2.CH4/c19-12-14(8-16-12)7-15(9-17-13(15)20)18(10-14)6-11-4-2-1-3-5-11;1-11-8-13(14(16)17-2)15(9-11)10-12-6-4-3-5-7-12;2-1-3;/h1-5H,6-10H2,(H,16,19)(H,17,20);3-7,11,13H,8-10H2,1-2H3;;1H4/t;11-,13-;;/m.0../s1. The molecule has 4 fully saturated rings. The monoisotopic (exact) mass is 564 g/mol. The number of benzene rings is 2. The van der Waals surface area contributed by atoms with E-state index in [1.165, 1.54) is 18.2 Å². The number of carbonyl (C=O) groups is 3. The van der Waals surface area contributed by atoms with Gasteiger partial charge in [0.25, 0.3) is 0 Å². The van der Waals surface area contributed by atoms with Gasteiger partial charge >= 0.3 is 12.1 Å². The summed E-state index contributed by atoms with van der Waals surface area (Å²) in [4.78, 5) is 56.4. The highest BCUT2D eigenvalue weighted by atomic mass is 16.5. The Labute approximate surface area is 241 Å². The maximum Gasteiger partial charge on any atom is 0.373 e. The maximum absolute atomic E-state index is 12.1. The lowest BCUT2D eigenvalue weighted by molar-refractivity contribution is -0.191. The minimum absolute atomic E-state index is 0. The van der Waals surface area contributed by atoms with E-state index in [-0.39, 0.29) is 42.8 Å². The van der Waals surface area contributed by atoms with Crippen LogP contribution in [-0.4, -0.2) is 78.6 Å². The van der Waals surface area contributed by atoms with Crippen LogP contribution in [-0.2, 0) is 41.8 Å². The molecule has 4 saturated heterocycles. The summed E-state index contributed by atoms with van der Waals surface area (Å²) in [6, 6.07) is 20.3. The molecular weight excluding hydrogens is 524 g/mol. The number of rotatable bonds is 5. The molecule has 0 radical (unpaired) electrons. The molecule has 2 aromatic carbocycles. The molecule has 10 nitrogen and oxygen atoms in total. The molecule has 4 aliphatic rings. The molecule has 2 aromatic rings. The third-order valence-corrected chi connectivity index (χ3v) is 8.29. The zero-order valence-corrected chi connectivity index (χ0v) is 22.9. The number of nitrogens with one attached hydrogen (secondary N) is 2. The second-order valence-corrected chi connectivity index (χ2v) is 11.1. The van der Waals surface area contributed by atoms with Gasteiger partial charge in [-0.1, -0.05) is 75.0 Å². The Morgan fingerprint density at radius 3 is 1.95 bits per heavy atom. The number of methoxy groups -OCH3 is 1. The van der Waals surface area contributed by atoms with Crippen LogP contribution in [0, 0.1) is 11.3 Å². The predicted molar refractivity (Wildman–Crippen MR) is 151 cm³/mol. The molecule has 4 aliphatic heterocycles. The van der Waals surface area contributed by atoms with E-state index < -0.39 is 5.54 Å². The Morgan fingerprint density at radius 2 is 1.51 bits per heavy atom. The maximum atomic E-state index is 12.1. The lowest BCUT2D eigenvalue weighted by atomic mass is 9.73. The van der Waals surface area contributed by atoms with Crippen LogP contribution < -0.4 is 10.6 Å². The van der Waals surface area contributed by atoms with Crippen molar-refractivity contribution in [1.82, 2.24) is 20.4 Å². The van der Waals surface area contributed by atoms with Gasteiger partial charge in [-0.15, -0.1) is 0 Å². The van der Waals surface area contributed by atoms with E-state index in [1.54, 1.807) is 0 Å². The van der Waals surface area contributed by atoms with Crippen LogP contribution in [0.25, 0.3) is 0 Å². The van der Waals surface area contributed by atoms with Crippen molar-refractivity contribution < 1.29 is 28.7 Å². The molecule has 0 aromatic heterocycles. The summed E-state index contributed by atoms with van der Waals surface area (Å²) in [7, 11) is 1.46. The highest BCUT2D eigenvalue weighted by Crippen LogP contribution is 2.47. The van der Waals surface area contributed by atoms with Gasteiger partial charge in [0.2, 0.25) is 11.8 Å². The normalized spacial score (nSPS) is 27.9. The zero-order chi connectivity index (χ0) is 28.8. The Balaban J connectivity index is 0.000000204. The average molecular weight is 565 g/mol. The first-order valence-electron chi connectivity index (χ1n) is 13.5. The van der Waals surface area contributed by atoms with E-state index in [0.29, 0.717) is 32.0 Å². The van der Waals surface area contributed by atoms with Gasteiger partial charge in [-0.2, -0.15) is 9.59 Å². The third kappa shape index (κ3) is 6.73. The lowest BCUT2D eigenvalue weighted by Gasteiger charge is -2.44. The van der Waals surface area contributed by atoms with Crippen LogP contribution in [0.5, 0.6) is 0 Å². The summed E-state index contributed by atoms with van der Waals surface area (Å²) in [5.41, 5.74) is 1.62. The minimum atomic E-state index is -0.465. The van der Waals surface area contributed by atoms with Gasteiger partial charge in [-0.05, 0) is 29.9 Å². The van der Waals surface area contributed by atoms with Gasteiger partial charge in [-0.3, -0.25) is 24.2 Å². The molecule has 2 spiro atoms. The molecule has 0 aliphatic carbocycles. The smallest absolute Gasteiger partial charge is 0.373 e. The van der Waals surface area contributed by atoms with E-state index in [0.717, 1.165) is 26.1 Å². The van der Waals surface area contributed by atoms with Crippen molar-refractivity contribution in [1.29, 1.82) is 0 Å². The first-order chi connectivity index (χ1) is 19.3. The van der Waals surface area contributed by atoms with E-state index in [1.807, 2.05) is 36.4 Å². The van der Waals surface area contributed by atoms with Crippen molar-refractivity contribution in [2.24, 2.45) is 11.3 Å². The number of amides is 2. The summed E-state index contributed by atoms with van der Waals surface area (Å²) in [5.74, 6) is 0.630. The largest absolute Gasteiger partial charge is 0.468 e. The summed E-state index contributed by atoms with van der Waals surface area (Å²) in [6.45, 7) is 6.74. The van der Waals surface area contributed by atoms with Crippen LogP contribution in [0.2, 0.25) is 0 Å². The van der Waals surface area contributed by atoms with Crippen molar-refractivity contribution in [3.8, 4) is 0 Å². The lowest BCUT2D eigenvalue weighted by Crippen LogP contribution is -2.70. The number of hydrogen-bond acceptors (Lipinski definition) is 8. The fraction of sp³-hybridized carbons (Fsp3) is 0.484. The molecule has 2 N–H and O–H groups in total. The fourth-order valence-corrected chi connectivity index (χ4v) is 6.21. The summed E-state index contributed by atoms with van der Waals surface area (Å²) >= 11 is 0. The van der Waals surface area contributed by atoms with Gasteiger partial charge < -0.3 is 15.4 Å². The number of carbonyl (C=O) groups excluding carboxylic acids is 5. The highest BCUT2D eigenvalue weighted by molar-refractivity contribution is 5.97. The molecule has 4 atom stereocenters. The van der Waals surface area contributed by atoms with E-state index in [2.05, 4.69) is 51.6 Å². The SMILES string of the molecule is C.COC(=O)[C@@H]1C[C@H](C)CN1Cc1ccccc1.O=C1NCC12CN(Cc1ccccc1)C1(CNC1=O)C2.O=C=O. The predicted octanol–water partition coefficient (Wildman–Crippen LogP) is 2.00. The molecule has 6 rings (SSSR count).